The Morgan fingerprint density at radius 1 is 1.35 bits per heavy atom. The van der Waals surface area contributed by atoms with Gasteiger partial charge in [-0.3, -0.25) is 9.59 Å². The first-order valence-corrected chi connectivity index (χ1v) is 7.92. The molecular weight excluding hydrogens is 282 g/mol. The summed E-state index contributed by atoms with van der Waals surface area (Å²) >= 11 is 0. The summed E-state index contributed by atoms with van der Waals surface area (Å²) in [7, 11) is -3.44. The number of rotatable bonds is 5. The van der Waals surface area contributed by atoms with Gasteiger partial charge in [-0.2, -0.15) is 0 Å². The molecule has 0 radical (unpaired) electrons. The summed E-state index contributed by atoms with van der Waals surface area (Å²) in [5.41, 5.74) is 0.742. The molecule has 0 saturated heterocycles. The molecule has 1 rings (SSSR count). The molecule has 0 fully saturated rings. The zero-order valence-corrected chi connectivity index (χ0v) is 12.3. The SMILES string of the molecule is CCc1ccc(C(=O)N[C@H](C)C(=O)O)cc1S(C)(=O)=O. The van der Waals surface area contributed by atoms with Crippen molar-refractivity contribution in [3.8, 4) is 0 Å². The first-order valence-electron chi connectivity index (χ1n) is 6.03. The van der Waals surface area contributed by atoms with Gasteiger partial charge < -0.3 is 10.4 Å². The molecule has 0 heterocycles. The normalized spacial score (nSPS) is 12.8. The summed E-state index contributed by atoms with van der Waals surface area (Å²) in [4.78, 5) is 22.6. The van der Waals surface area contributed by atoms with E-state index >= 15 is 0 Å². The van der Waals surface area contributed by atoms with Crippen molar-refractivity contribution in [1.29, 1.82) is 0 Å². The molecule has 0 aliphatic carbocycles. The zero-order chi connectivity index (χ0) is 15.5. The van der Waals surface area contributed by atoms with E-state index in [-0.39, 0.29) is 10.5 Å². The Labute approximate surface area is 117 Å². The van der Waals surface area contributed by atoms with E-state index in [1.807, 2.05) is 6.92 Å². The highest BCUT2D eigenvalue weighted by Gasteiger charge is 2.18. The van der Waals surface area contributed by atoms with Gasteiger partial charge in [0.25, 0.3) is 5.91 Å². The fraction of sp³-hybridized carbons (Fsp3) is 0.385. The minimum atomic E-state index is -3.44. The maximum absolute atomic E-state index is 11.9. The average Bonchev–Trinajstić information content (AvgIpc) is 2.36. The Balaban J connectivity index is 3.16. The molecule has 0 aromatic heterocycles. The lowest BCUT2D eigenvalue weighted by molar-refractivity contribution is -0.138. The van der Waals surface area contributed by atoms with Gasteiger partial charge in [-0.25, -0.2) is 8.42 Å². The van der Waals surface area contributed by atoms with Crippen molar-refractivity contribution >= 4 is 21.7 Å². The van der Waals surface area contributed by atoms with Gasteiger partial charge in [0.15, 0.2) is 9.84 Å². The van der Waals surface area contributed by atoms with Crippen LogP contribution < -0.4 is 5.32 Å². The third-order valence-corrected chi connectivity index (χ3v) is 4.01. The van der Waals surface area contributed by atoms with Crippen LogP contribution in [0.5, 0.6) is 0 Å². The number of aryl methyl sites for hydroxylation is 1. The van der Waals surface area contributed by atoms with Gasteiger partial charge >= 0.3 is 5.97 Å². The molecule has 0 spiro atoms. The van der Waals surface area contributed by atoms with Crippen molar-refractivity contribution in [2.75, 3.05) is 6.26 Å². The Kier molecular flexibility index (Phi) is 4.88. The highest BCUT2D eigenvalue weighted by molar-refractivity contribution is 7.90. The standard InChI is InChI=1S/C13H17NO5S/c1-4-9-5-6-10(7-11(9)20(3,18)19)12(15)14-8(2)13(16)17/h5-8H,4H2,1-3H3,(H,14,15)(H,16,17)/t8-/m1/s1. The molecule has 1 atom stereocenters. The molecule has 6 nitrogen and oxygen atoms in total. The Bertz CT molecular complexity index is 636. The number of sulfone groups is 1. The first-order chi connectivity index (χ1) is 9.16. The summed E-state index contributed by atoms with van der Waals surface area (Å²) < 4.78 is 23.4. The van der Waals surface area contributed by atoms with Crippen LogP contribution in [-0.2, 0) is 21.1 Å². The lowest BCUT2D eigenvalue weighted by Crippen LogP contribution is -2.38. The number of benzene rings is 1. The van der Waals surface area contributed by atoms with Crippen LogP contribution in [0.25, 0.3) is 0 Å². The number of carbonyl (C=O) groups excluding carboxylic acids is 1. The fourth-order valence-electron chi connectivity index (χ4n) is 1.67. The maximum Gasteiger partial charge on any atom is 0.325 e. The minimum absolute atomic E-state index is 0.0932. The number of hydrogen-bond donors (Lipinski definition) is 2. The predicted molar refractivity (Wildman–Crippen MR) is 73.5 cm³/mol. The Morgan fingerprint density at radius 2 is 1.95 bits per heavy atom. The molecule has 1 amide bonds. The number of nitrogens with one attached hydrogen (secondary N) is 1. The van der Waals surface area contributed by atoms with Crippen LogP contribution in [0.2, 0.25) is 0 Å². The van der Waals surface area contributed by atoms with Crippen LogP contribution >= 0.6 is 0 Å². The molecule has 0 aliphatic rings. The Hall–Kier alpha value is -1.89. The topological polar surface area (TPSA) is 101 Å². The number of carboxylic acid groups (broad SMARTS) is 1. The van der Waals surface area contributed by atoms with Gasteiger partial charge in [0, 0.05) is 11.8 Å². The largest absolute Gasteiger partial charge is 0.480 e. The summed E-state index contributed by atoms with van der Waals surface area (Å²) in [6.07, 6.45) is 1.60. The van der Waals surface area contributed by atoms with E-state index in [1.165, 1.54) is 19.1 Å². The predicted octanol–water partition coefficient (Wildman–Crippen LogP) is 0.855. The molecule has 1 aromatic carbocycles. The van der Waals surface area contributed by atoms with E-state index in [4.69, 9.17) is 5.11 Å². The maximum atomic E-state index is 11.9. The van der Waals surface area contributed by atoms with E-state index in [9.17, 15) is 18.0 Å². The number of aliphatic carboxylic acids is 1. The quantitative estimate of drug-likeness (QED) is 0.839. The van der Waals surface area contributed by atoms with Crippen LogP contribution in [0, 0.1) is 0 Å². The van der Waals surface area contributed by atoms with Gasteiger partial charge in [-0.05, 0) is 31.0 Å². The molecular formula is C13H17NO5S. The monoisotopic (exact) mass is 299 g/mol. The summed E-state index contributed by atoms with van der Waals surface area (Å²) in [5, 5.41) is 11.0. The summed E-state index contributed by atoms with van der Waals surface area (Å²) in [6, 6.07) is 3.28. The van der Waals surface area contributed by atoms with Crippen molar-refractivity contribution in [3.05, 3.63) is 29.3 Å². The van der Waals surface area contributed by atoms with Crippen LogP contribution in [0.4, 0.5) is 0 Å². The molecule has 1 aromatic rings. The van der Waals surface area contributed by atoms with Gasteiger partial charge in [0.1, 0.15) is 6.04 Å². The minimum Gasteiger partial charge on any atom is -0.480 e. The highest BCUT2D eigenvalue weighted by atomic mass is 32.2. The zero-order valence-electron chi connectivity index (χ0n) is 11.5. The smallest absolute Gasteiger partial charge is 0.325 e. The van der Waals surface area contributed by atoms with E-state index < -0.39 is 27.8 Å². The lowest BCUT2D eigenvalue weighted by Gasteiger charge is -2.11. The molecule has 7 heteroatoms. The first kappa shape index (κ1) is 16.2. The summed E-state index contributed by atoms with van der Waals surface area (Å²) in [5.74, 6) is -1.78. The summed E-state index contributed by atoms with van der Waals surface area (Å²) in [6.45, 7) is 3.15. The number of carbonyl (C=O) groups is 2. The van der Waals surface area contributed by atoms with E-state index in [0.717, 1.165) is 6.26 Å². The van der Waals surface area contributed by atoms with E-state index in [0.29, 0.717) is 12.0 Å². The highest BCUT2D eigenvalue weighted by Crippen LogP contribution is 2.18. The third kappa shape index (κ3) is 3.80. The molecule has 110 valence electrons. The van der Waals surface area contributed by atoms with Crippen molar-refractivity contribution in [3.63, 3.8) is 0 Å². The molecule has 0 bridgehead atoms. The fourth-order valence-corrected chi connectivity index (χ4v) is 2.70. The second-order valence-electron chi connectivity index (χ2n) is 4.48. The third-order valence-electron chi connectivity index (χ3n) is 2.83. The van der Waals surface area contributed by atoms with Crippen LogP contribution in [0.3, 0.4) is 0 Å². The number of carboxylic acids is 1. The van der Waals surface area contributed by atoms with Crippen molar-refractivity contribution in [1.82, 2.24) is 5.32 Å². The van der Waals surface area contributed by atoms with E-state index in [1.54, 1.807) is 6.07 Å². The number of amides is 1. The van der Waals surface area contributed by atoms with Crippen molar-refractivity contribution < 1.29 is 23.1 Å². The van der Waals surface area contributed by atoms with Gasteiger partial charge in [-0.1, -0.05) is 13.0 Å². The average molecular weight is 299 g/mol. The van der Waals surface area contributed by atoms with Crippen LogP contribution in [0.15, 0.2) is 23.1 Å². The molecule has 0 aliphatic heterocycles. The van der Waals surface area contributed by atoms with Crippen LogP contribution in [0.1, 0.15) is 29.8 Å². The molecule has 2 N–H and O–H groups in total. The molecule has 0 saturated carbocycles. The lowest BCUT2D eigenvalue weighted by atomic mass is 10.1. The molecule has 0 unspecified atom stereocenters. The van der Waals surface area contributed by atoms with Gasteiger partial charge in [-0.15, -0.1) is 0 Å². The van der Waals surface area contributed by atoms with Crippen LogP contribution in [-0.4, -0.2) is 37.7 Å². The van der Waals surface area contributed by atoms with Crippen molar-refractivity contribution in [2.24, 2.45) is 0 Å². The second kappa shape index (κ2) is 6.04. The van der Waals surface area contributed by atoms with E-state index in [2.05, 4.69) is 5.32 Å². The van der Waals surface area contributed by atoms with Crippen molar-refractivity contribution in [2.45, 2.75) is 31.2 Å². The Morgan fingerprint density at radius 3 is 2.40 bits per heavy atom. The number of hydrogen-bond acceptors (Lipinski definition) is 4. The van der Waals surface area contributed by atoms with Gasteiger partial charge in [0.2, 0.25) is 0 Å². The second-order valence-corrected chi connectivity index (χ2v) is 6.47. The molecule has 20 heavy (non-hydrogen) atoms. The van der Waals surface area contributed by atoms with Gasteiger partial charge in [0.05, 0.1) is 4.90 Å².